The van der Waals surface area contributed by atoms with Gasteiger partial charge in [0.2, 0.25) is 0 Å². The molecule has 1 heterocycles. The highest BCUT2D eigenvalue weighted by Crippen LogP contribution is 2.29. The first-order valence-corrected chi connectivity index (χ1v) is 9.37. The van der Waals surface area contributed by atoms with Crippen LogP contribution < -0.4 is 10.1 Å². The first-order chi connectivity index (χ1) is 14.0. The van der Waals surface area contributed by atoms with Gasteiger partial charge in [0, 0.05) is 24.5 Å². The molecule has 3 rings (SSSR count). The van der Waals surface area contributed by atoms with Crippen molar-refractivity contribution in [2.75, 3.05) is 6.61 Å². The number of pyridine rings is 1. The Morgan fingerprint density at radius 1 is 1.21 bits per heavy atom. The summed E-state index contributed by atoms with van der Waals surface area (Å²) in [6.45, 7) is 4.01. The van der Waals surface area contributed by atoms with Crippen LogP contribution in [0.25, 0.3) is 11.1 Å². The van der Waals surface area contributed by atoms with E-state index in [1.807, 2.05) is 13.0 Å². The molecule has 1 aromatic heterocycles. The number of hydrogen-bond acceptors (Lipinski definition) is 4. The molecule has 0 saturated heterocycles. The molecule has 0 bridgehead atoms. The van der Waals surface area contributed by atoms with Crippen molar-refractivity contribution in [2.24, 2.45) is 0 Å². The molecule has 0 atom stereocenters. The molecule has 29 heavy (non-hydrogen) atoms. The molecule has 0 radical (unpaired) electrons. The quantitative estimate of drug-likeness (QED) is 0.635. The predicted octanol–water partition coefficient (Wildman–Crippen LogP) is 4.02. The van der Waals surface area contributed by atoms with Gasteiger partial charge in [-0.2, -0.15) is 0 Å². The van der Waals surface area contributed by atoms with Crippen LogP contribution >= 0.6 is 0 Å². The third-order valence-corrected chi connectivity index (χ3v) is 4.61. The Labute approximate surface area is 169 Å². The fraction of sp³-hybridized carbons (Fsp3) is 0.217. The molecule has 150 valence electrons. The van der Waals surface area contributed by atoms with E-state index in [9.17, 15) is 14.3 Å². The topological polar surface area (TPSA) is 71.5 Å². The highest BCUT2D eigenvalue weighted by molar-refractivity contribution is 5.98. The second-order valence-electron chi connectivity index (χ2n) is 6.60. The van der Waals surface area contributed by atoms with Gasteiger partial charge in [-0.15, -0.1) is 0 Å². The SMILES string of the molecule is CCOc1ccc(-c2cnccc2CO)cc1C(=O)NCc1ccc(C)c(F)c1. The first-order valence-electron chi connectivity index (χ1n) is 9.37. The summed E-state index contributed by atoms with van der Waals surface area (Å²) >= 11 is 0. The van der Waals surface area contributed by atoms with Crippen molar-refractivity contribution in [1.29, 1.82) is 0 Å². The van der Waals surface area contributed by atoms with Crippen molar-refractivity contribution < 1.29 is 19.0 Å². The molecular weight excluding hydrogens is 371 g/mol. The standard InChI is InChI=1S/C23H23FN2O3/c1-3-29-22-7-6-17(20-13-25-9-8-18(20)14-27)11-19(22)23(28)26-12-16-5-4-15(2)21(24)10-16/h4-11,13,27H,3,12,14H2,1-2H3,(H,26,28). The van der Waals surface area contributed by atoms with Crippen LogP contribution in [0.15, 0.2) is 54.9 Å². The average Bonchev–Trinajstić information content (AvgIpc) is 2.74. The van der Waals surface area contributed by atoms with Crippen molar-refractivity contribution in [3.63, 3.8) is 0 Å². The number of aryl methyl sites for hydroxylation is 1. The lowest BCUT2D eigenvalue weighted by molar-refractivity contribution is 0.0947. The van der Waals surface area contributed by atoms with E-state index in [1.165, 1.54) is 6.07 Å². The van der Waals surface area contributed by atoms with Gasteiger partial charge in [0.25, 0.3) is 5.91 Å². The Hall–Kier alpha value is -3.25. The summed E-state index contributed by atoms with van der Waals surface area (Å²) in [5.74, 6) is -0.175. The minimum absolute atomic E-state index is 0.133. The molecule has 0 aliphatic carbocycles. The van der Waals surface area contributed by atoms with Gasteiger partial charge < -0.3 is 15.2 Å². The highest BCUT2D eigenvalue weighted by Gasteiger charge is 2.16. The number of aromatic nitrogens is 1. The smallest absolute Gasteiger partial charge is 0.255 e. The van der Waals surface area contributed by atoms with Gasteiger partial charge in [0.05, 0.1) is 18.8 Å². The maximum atomic E-state index is 13.7. The van der Waals surface area contributed by atoms with Gasteiger partial charge in [0.1, 0.15) is 11.6 Å². The Bertz CT molecular complexity index is 1020. The Morgan fingerprint density at radius 3 is 2.76 bits per heavy atom. The van der Waals surface area contributed by atoms with Crippen molar-refractivity contribution in [1.82, 2.24) is 10.3 Å². The van der Waals surface area contributed by atoms with Crippen LogP contribution in [0.1, 0.15) is 34.0 Å². The summed E-state index contributed by atoms with van der Waals surface area (Å²) in [5, 5.41) is 12.4. The molecule has 0 spiro atoms. The van der Waals surface area contributed by atoms with Crippen molar-refractivity contribution >= 4 is 5.91 Å². The number of carbonyl (C=O) groups excluding carboxylic acids is 1. The average molecular weight is 394 g/mol. The summed E-state index contributed by atoms with van der Waals surface area (Å²) in [5.41, 5.74) is 3.80. The van der Waals surface area contributed by atoms with Crippen LogP contribution in [0.4, 0.5) is 4.39 Å². The molecule has 6 heteroatoms. The van der Waals surface area contributed by atoms with Gasteiger partial charge >= 0.3 is 0 Å². The first kappa shape index (κ1) is 20.5. The lowest BCUT2D eigenvalue weighted by Crippen LogP contribution is -2.23. The minimum atomic E-state index is -0.328. The van der Waals surface area contributed by atoms with Crippen molar-refractivity contribution in [3.8, 4) is 16.9 Å². The van der Waals surface area contributed by atoms with Gasteiger partial charge in [0.15, 0.2) is 0 Å². The van der Waals surface area contributed by atoms with E-state index in [-0.39, 0.29) is 24.9 Å². The molecule has 1 amide bonds. The second-order valence-corrected chi connectivity index (χ2v) is 6.60. The highest BCUT2D eigenvalue weighted by atomic mass is 19.1. The largest absolute Gasteiger partial charge is 0.493 e. The van der Waals surface area contributed by atoms with Crippen molar-refractivity contribution in [3.05, 3.63) is 82.9 Å². The molecule has 2 N–H and O–H groups in total. The fourth-order valence-corrected chi connectivity index (χ4v) is 3.00. The number of nitrogens with zero attached hydrogens (tertiary/aromatic N) is 1. The van der Waals surface area contributed by atoms with E-state index >= 15 is 0 Å². The zero-order chi connectivity index (χ0) is 20.8. The Kier molecular flexibility index (Phi) is 6.57. The van der Waals surface area contributed by atoms with Crippen LogP contribution in [-0.2, 0) is 13.2 Å². The monoisotopic (exact) mass is 394 g/mol. The van der Waals surface area contributed by atoms with E-state index < -0.39 is 0 Å². The van der Waals surface area contributed by atoms with Crippen LogP contribution in [0.3, 0.4) is 0 Å². The predicted molar refractivity (Wildman–Crippen MR) is 109 cm³/mol. The molecular formula is C23H23FN2O3. The number of ether oxygens (including phenoxy) is 1. The van der Waals surface area contributed by atoms with Crippen LogP contribution in [-0.4, -0.2) is 22.6 Å². The van der Waals surface area contributed by atoms with Gasteiger partial charge in [-0.3, -0.25) is 9.78 Å². The van der Waals surface area contributed by atoms with Crippen molar-refractivity contribution in [2.45, 2.75) is 27.0 Å². The Morgan fingerprint density at radius 2 is 2.03 bits per heavy atom. The number of aliphatic hydroxyl groups is 1. The zero-order valence-electron chi connectivity index (χ0n) is 16.4. The number of nitrogens with one attached hydrogen (secondary N) is 1. The lowest BCUT2D eigenvalue weighted by atomic mass is 9.99. The number of benzene rings is 2. The van der Waals surface area contributed by atoms with E-state index in [1.54, 1.807) is 49.6 Å². The van der Waals surface area contributed by atoms with E-state index in [2.05, 4.69) is 10.3 Å². The number of carbonyl (C=O) groups is 1. The molecule has 0 fully saturated rings. The van der Waals surface area contributed by atoms with Gasteiger partial charge in [-0.05, 0) is 60.4 Å². The maximum absolute atomic E-state index is 13.7. The van der Waals surface area contributed by atoms with Crippen LogP contribution in [0, 0.1) is 12.7 Å². The molecule has 0 unspecified atom stereocenters. The third kappa shape index (κ3) is 4.78. The van der Waals surface area contributed by atoms with E-state index in [0.717, 1.165) is 11.1 Å². The molecule has 2 aromatic carbocycles. The number of rotatable bonds is 7. The fourth-order valence-electron chi connectivity index (χ4n) is 3.00. The summed E-state index contributed by atoms with van der Waals surface area (Å²) in [4.78, 5) is 17.0. The van der Waals surface area contributed by atoms with E-state index in [0.29, 0.717) is 34.6 Å². The van der Waals surface area contributed by atoms with E-state index in [4.69, 9.17) is 4.74 Å². The Balaban J connectivity index is 1.89. The number of amides is 1. The van der Waals surface area contributed by atoms with Gasteiger partial charge in [-0.25, -0.2) is 4.39 Å². The molecule has 0 saturated carbocycles. The maximum Gasteiger partial charge on any atom is 0.255 e. The summed E-state index contributed by atoms with van der Waals surface area (Å²) in [6.07, 6.45) is 3.26. The number of halogens is 1. The minimum Gasteiger partial charge on any atom is -0.493 e. The number of hydrogen-bond donors (Lipinski definition) is 2. The number of aliphatic hydroxyl groups excluding tert-OH is 1. The summed E-state index contributed by atoms with van der Waals surface area (Å²) < 4.78 is 19.4. The lowest BCUT2D eigenvalue weighted by Gasteiger charge is -2.14. The summed E-state index contributed by atoms with van der Waals surface area (Å²) in [7, 11) is 0. The molecule has 0 aliphatic rings. The van der Waals surface area contributed by atoms with Gasteiger partial charge in [-0.1, -0.05) is 18.2 Å². The van der Waals surface area contributed by atoms with Crippen LogP contribution in [0.2, 0.25) is 0 Å². The van der Waals surface area contributed by atoms with Crippen LogP contribution in [0.5, 0.6) is 5.75 Å². The summed E-state index contributed by atoms with van der Waals surface area (Å²) in [6, 6.07) is 11.9. The zero-order valence-corrected chi connectivity index (χ0v) is 16.4. The molecule has 0 aliphatic heterocycles. The second kappa shape index (κ2) is 9.30. The third-order valence-electron chi connectivity index (χ3n) is 4.61. The molecule has 3 aromatic rings. The molecule has 5 nitrogen and oxygen atoms in total. The normalized spacial score (nSPS) is 10.6.